The minimum absolute atomic E-state index is 0. The van der Waals surface area contributed by atoms with E-state index in [1.165, 1.54) is 32.1 Å². The second kappa shape index (κ2) is 16.4. The number of halogens is 1. The van der Waals surface area contributed by atoms with Crippen LogP contribution in [-0.4, -0.2) is 77.0 Å². The van der Waals surface area contributed by atoms with Gasteiger partial charge in [-0.15, -0.1) is 12.4 Å². The van der Waals surface area contributed by atoms with Crippen molar-refractivity contribution >= 4 is 30.1 Å². The Morgan fingerprint density at radius 3 is 2.27 bits per heavy atom. The lowest BCUT2D eigenvalue weighted by Gasteiger charge is -2.52. The number of aliphatic hydroxyl groups excluding tert-OH is 1. The topological polar surface area (TPSA) is 111 Å². The van der Waals surface area contributed by atoms with Gasteiger partial charge in [-0.3, -0.25) is 19.3 Å². The first-order valence-corrected chi connectivity index (χ1v) is 16.5. The van der Waals surface area contributed by atoms with Crippen molar-refractivity contribution in [2.45, 2.75) is 89.3 Å². The molecule has 0 radical (unpaired) electrons. The van der Waals surface area contributed by atoms with Crippen LogP contribution in [0.3, 0.4) is 0 Å². The molecule has 0 unspecified atom stereocenters. The molecular formula is C35H49ClN4O5. The smallest absolute Gasteiger partial charge is 0.251 e. The van der Waals surface area contributed by atoms with Crippen LogP contribution in [0.5, 0.6) is 11.5 Å². The van der Waals surface area contributed by atoms with Gasteiger partial charge in [0.2, 0.25) is 11.8 Å². The number of aliphatic hydroxyl groups is 1. The lowest BCUT2D eigenvalue weighted by molar-refractivity contribution is -0.162. The highest BCUT2D eigenvalue weighted by Crippen LogP contribution is 2.36. The van der Waals surface area contributed by atoms with Crippen LogP contribution in [0.1, 0.15) is 87.1 Å². The monoisotopic (exact) mass is 640 g/mol. The number of hydrogen-bond acceptors (Lipinski definition) is 6. The number of nitrogens with one attached hydrogen (secondary N) is 2. The predicted octanol–water partition coefficient (Wildman–Crippen LogP) is 5.05. The number of unbranched alkanes of at least 4 members (excludes halogenated alkanes) is 1. The zero-order chi connectivity index (χ0) is 30.9. The molecule has 2 aliphatic heterocycles. The number of benzene rings is 2. The van der Waals surface area contributed by atoms with E-state index in [0.717, 1.165) is 44.5 Å². The minimum atomic E-state index is -0.738. The van der Waals surface area contributed by atoms with E-state index in [2.05, 4.69) is 34.6 Å². The Morgan fingerprint density at radius 1 is 1.00 bits per heavy atom. The SMILES string of the molecule is CCCCN1C(=O)[C@H](CC2CCCCC2)NC(=O)C12CCN(Cc1ccc(Oc3ccc(C(=O)NCCO)cc3)cc1)CC2.Cl. The fourth-order valence-electron chi connectivity index (χ4n) is 7.01. The largest absolute Gasteiger partial charge is 0.457 e. The number of rotatable bonds is 12. The van der Waals surface area contributed by atoms with Gasteiger partial charge in [0.25, 0.3) is 5.91 Å². The summed E-state index contributed by atoms with van der Waals surface area (Å²) in [6, 6.07) is 14.5. The molecule has 1 spiro atoms. The number of nitrogens with zero attached hydrogens (tertiary/aromatic N) is 2. The van der Waals surface area contributed by atoms with Crippen LogP contribution in [0.15, 0.2) is 48.5 Å². The fraction of sp³-hybridized carbons (Fsp3) is 0.571. The van der Waals surface area contributed by atoms with E-state index in [0.29, 0.717) is 42.4 Å². The van der Waals surface area contributed by atoms with Crippen LogP contribution < -0.4 is 15.4 Å². The van der Waals surface area contributed by atoms with Gasteiger partial charge in [0.1, 0.15) is 23.1 Å². The van der Waals surface area contributed by atoms with Crippen molar-refractivity contribution in [2.75, 3.05) is 32.8 Å². The lowest BCUT2D eigenvalue weighted by Crippen LogP contribution is -2.73. The number of hydrogen-bond donors (Lipinski definition) is 3. The van der Waals surface area contributed by atoms with Crippen molar-refractivity contribution in [1.82, 2.24) is 20.4 Å². The highest BCUT2D eigenvalue weighted by atomic mass is 35.5. The summed E-state index contributed by atoms with van der Waals surface area (Å²) >= 11 is 0. The van der Waals surface area contributed by atoms with Crippen molar-refractivity contribution < 1.29 is 24.2 Å². The van der Waals surface area contributed by atoms with E-state index in [1.807, 2.05) is 17.0 Å². The third-order valence-electron chi connectivity index (χ3n) is 9.60. The number of piperazine rings is 1. The molecule has 2 heterocycles. The molecule has 2 saturated heterocycles. The number of carbonyl (C=O) groups is 3. The molecule has 9 nitrogen and oxygen atoms in total. The van der Waals surface area contributed by atoms with E-state index < -0.39 is 5.54 Å². The van der Waals surface area contributed by atoms with Crippen LogP contribution in [0.25, 0.3) is 0 Å². The van der Waals surface area contributed by atoms with Gasteiger partial charge < -0.3 is 25.4 Å². The first-order chi connectivity index (χ1) is 21.4. The third kappa shape index (κ3) is 8.57. The first kappa shape index (κ1) is 34.7. The standard InChI is InChI=1S/C35H48N4O5.ClH/c1-2-3-20-39-33(42)31(24-26-7-5-4-6-8-26)37-34(43)35(39)17-21-38(22-18-35)25-27-9-13-29(14-10-27)44-30-15-11-28(12-16-30)32(41)36-19-23-40;/h9-16,26,31,40H,2-8,17-25H2,1H3,(H,36,41)(H,37,43);1H/t31-;/m0./s1. The van der Waals surface area contributed by atoms with E-state index in [1.54, 1.807) is 24.3 Å². The maximum absolute atomic E-state index is 13.8. The van der Waals surface area contributed by atoms with Crippen molar-refractivity contribution in [1.29, 1.82) is 0 Å². The number of piperidine rings is 1. The molecule has 3 amide bonds. The van der Waals surface area contributed by atoms with Gasteiger partial charge in [-0.1, -0.05) is 57.6 Å². The van der Waals surface area contributed by atoms with Crippen LogP contribution in [0.2, 0.25) is 0 Å². The maximum atomic E-state index is 13.8. The van der Waals surface area contributed by atoms with Gasteiger partial charge in [-0.2, -0.15) is 0 Å². The highest BCUT2D eigenvalue weighted by molar-refractivity contribution is 6.00. The molecule has 2 aromatic rings. The van der Waals surface area contributed by atoms with Gasteiger partial charge in [-0.25, -0.2) is 0 Å². The molecule has 246 valence electrons. The molecule has 1 saturated carbocycles. The van der Waals surface area contributed by atoms with Crippen LogP contribution >= 0.6 is 12.4 Å². The third-order valence-corrected chi connectivity index (χ3v) is 9.60. The van der Waals surface area contributed by atoms with Gasteiger partial charge in [0, 0.05) is 38.3 Å². The summed E-state index contributed by atoms with van der Waals surface area (Å²) in [7, 11) is 0. The Bertz CT molecular complexity index is 1260. The Hall–Kier alpha value is -3.14. The molecule has 5 rings (SSSR count). The molecule has 1 aliphatic carbocycles. The lowest BCUT2D eigenvalue weighted by atomic mass is 9.79. The van der Waals surface area contributed by atoms with E-state index in [-0.39, 0.29) is 49.3 Å². The van der Waals surface area contributed by atoms with Crippen molar-refractivity contribution in [3.05, 3.63) is 59.7 Å². The zero-order valence-electron chi connectivity index (χ0n) is 26.5. The Labute approximate surface area is 273 Å². The first-order valence-electron chi connectivity index (χ1n) is 16.5. The highest BCUT2D eigenvalue weighted by Gasteiger charge is 2.53. The maximum Gasteiger partial charge on any atom is 0.251 e. The molecular weight excluding hydrogens is 592 g/mol. The summed E-state index contributed by atoms with van der Waals surface area (Å²) in [6.45, 7) is 5.19. The van der Waals surface area contributed by atoms with Crippen LogP contribution in [0, 0.1) is 5.92 Å². The summed E-state index contributed by atoms with van der Waals surface area (Å²) in [5.41, 5.74) is 0.925. The van der Waals surface area contributed by atoms with Gasteiger partial charge >= 0.3 is 0 Å². The van der Waals surface area contributed by atoms with Gasteiger partial charge in [-0.05, 0) is 73.6 Å². The van der Waals surface area contributed by atoms with Crippen molar-refractivity contribution in [3.8, 4) is 11.5 Å². The Kier molecular flexibility index (Phi) is 12.7. The summed E-state index contributed by atoms with van der Waals surface area (Å²) in [5.74, 6) is 1.82. The molecule has 0 bridgehead atoms. The van der Waals surface area contributed by atoms with Gasteiger partial charge in [0.15, 0.2) is 0 Å². The quantitative estimate of drug-likeness (QED) is 0.299. The van der Waals surface area contributed by atoms with Gasteiger partial charge in [0.05, 0.1) is 6.61 Å². The minimum Gasteiger partial charge on any atom is -0.457 e. The number of likely N-dealkylation sites (tertiary alicyclic amines) is 1. The molecule has 2 aromatic carbocycles. The fourth-order valence-corrected chi connectivity index (χ4v) is 7.01. The average molecular weight is 641 g/mol. The Balaban J connectivity index is 0.00000461. The summed E-state index contributed by atoms with van der Waals surface area (Å²) in [5, 5.41) is 14.7. The number of carbonyl (C=O) groups excluding carboxylic acids is 3. The second-order valence-electron chi connectivity index (χ2n) is 12.7. The molecule has 3 N–H and O–H groups in total. The van der Waals surface area contributed by atoms with Crippen molar-refractivity contribution in [2.24, 2.45) is 5.92 Å². The van der Waals surface area contributed by atoms with Crippen LogP contribution in [0.4, 0.5) is 0 Å². The summed E-state index contributed by atoms with van der Waals surface area (Å²) in [6.07, 6.45) is 10.1. The van der Waals surface area contributed by atoms with Crippen LogP contribution in [-0.2, 0) is 16.1 Å². The molecule has 3 fully saturated rings. The number of amides is 3. The second-order valence-corrected chi connectivity index (χ2v) is 12.7. The zero-order valence-corrected chi connectivity index (χ0v) is 27.3. The molecule has 3 aliphatic rings. The summed E-state index contributed by atoms with van der Waals surface area (Å²) < 4.78 is 5.97. The Morgan fingerprint density at radius 2 is 1.64 bits per heavy atom. The van der Waals surface area contributed by atoms with E-state index in [4.69, 9.17) is 9.84 Å². The number of ether oxygens (including phenoxy) is 1. The molecule has 0 aromatic heterocycles. The van der Waals surface area contributed by atoms with E-state index in [9.17, 15) is 14.4 Å². The molecule has 10 heteroatoms. The molecule has 1 atom stereocenters. The van der Waals surface area contributed by atoms with Crippen molar-refractivity contribution in [3.63, 3.8) is 0 Å². The average Bonchev–Trinajstić information content (AvgIpc) is 3.05. The predicted molar refractivity (Wildman–Crippen MR) is 177 cm³/mol. The molecule has 45 heavy (non-hydrogen) atoms. The van der Waals surface area contributed by atoms with E-state index >= 15 is 0 Å². The normalized spacial score (nSPS) is 20.4. The summed E-state index contributed by atoms with van der Waals surface area (Å²) in [4.78, 5) is 43.9.